The number of carbonyl (C=O) groups is 1. The van der Waals surface area contributed by atoms with E-state index in [0.717, 1.165) is 12.1 Å². The maximum atomic E-state index is 12.6. The molecule has 76 valence electrons. The van der Waals surface area contributed by atoms with Crippen LogP contribution in [-0.2, 0) is 11.2 Å². The van der Waals surface area contributed by atoms with E-state index >= 15 is 0 Å². The molecular weight excluding hydrogens is 191 g/mol. The predicted molar refractivity (Wildman–Crippen MR) is 45.7 cm³/mol. The fourth-order valence-electron chi connectivity index (χ4n) is 1.04. The van der Waals surface area contributed by atoms with Gasteiger partial charge in [-0.1, -0.05) is 0 Å². The second-order valence-electron chi connectivity index (χ2n) is 2.83. The lowest BCUT2D eigenvalue weighted by molar-refractivity contribution is -0.136. The molecular formula is C9H9FO4. The van der Waals surface area contributed by atoms with Crippen molar-refractivity contribution in [3.63, 3.8) is 0 Å². The van der Waals surface area contributed by atoms with Crippen LogP contribution in [0.25, 0.3) is 0 Å². The fourth-order valence-corrected chi connectivity index (χ4v) is 1.04. The van der Waals surface area contributed by atoms with Gasteiger partial charge in [0, 0.05) is 12.5 Å². The fraction of sp³-hybridized carbons (Fsp3) is 0.222. The number of aromatic hydroxyl groups is 2. The van der Waals surface area contributed by atoms with Gasteiger partial charge < -0.3 is 15.3 Å². The summed E-state index contributed by atoms with van der Waals surface area (Å²) in [7, 11) is 0. The highest BCUT2D eigenvalue weighted by Crippen LogP contribution is 2.26. The van der Waals surface area contributed by atoms with Crippen molar-refractivity contribution < 1.29 is 24.5 Å². The molecule has 3 N–H and O–H groups in total. The number of phenolic OH excluding ortho intramolecular Hbond substituents is 2. The number of phenols is 2. The van der Waals surface area contributed by atoms with E-state index in [-0.39, 0.29) is 24.2 Å². The van der Waals surface area contributed by atoms with Crippen LogP contribution in [0.5, 0.6) is 11.5 Å². The molecule has 0 unspecified atom stereocenters. The number of benzene rings is 1. The number of halogens is 1. The Morgan fingerprint density at radius 3 is 2.50 bits per heavy atom. The molecule has 0 radical (unpaired) electrons. The molecule has 14 heavy (non-hydrogen) atoms. The minimum Gasteiger partial charge on any atom is -0.508 e. The van der Waals surface area contributed by atoms with Gasteiger partial charge in [-0.15, -0.1) is 0 Å². The van der Waals surface area contributed by atoms with Crippen molar-refractivity contribution in [3.05, 3.63) is 23.5 Å². The molecule has 0 aliphatic heterocycles. The average molecular weight is 200 g/mol. The maximum Gasteiger partial charge on any atom is 0.303 e. The maximum absolute atomic E-state index is 12.6. The molecule has 0 amide bonds. The summed E-state index contributed by atoms with van der Waals surface area (Å²) >= 11 is 0. The molecule has 0 heterocycles. The molecule has 1 aromatic rings. The molecule has 0 aliphatic rings. The lowest BCUT2D eigenvalue weighted by atomic mass is 10.1. The summed E-state index contributed by atoms with van der Waals surface area (Å²) in [5.41, 5.74) is 0.214. The highest BCUT2D eigenvalue weighted by molar-refractivity contribution is 5.67. The molecule has 0 aromatic heterocycles. The summed E-state index contributed by atoms with van der Waals surface area (Å²) in [6.07, 6.45) is -0.131. The Bertz CT molecular complexity index is 362. The summed E-state index contributed by atoms with van der Waals surface area (Å²) in [6.45, 7) is 0. The van der Waals surface area contributed by atoms with Crippen LogP contribution in [0.1, 0.15) is 12.0 Å². The van der Waals surface area contributed by atoms with Gasteiger partial charge in [0.05, 0.1) is 0 Å². The molecule has 0 spiro atoms. The number of hydrogen-bond donors (Lipinski definition) is 3. The minimum absolute atomic E-state index is 0.0506. The van der Waals surface area contributed by atoms with Crippen LogP contribution >= 0.6 is 0 Å². The zero-order valence-corrected chi connectivity index (χ0v) is 7.20. The number of aliphatic carboxylic acids is 1. The number of rotatable bonds is 3. The summed E-state index contributed by atoms with van der Waals surface area (Å²) in [4.78, 5) is 10.2. The van der Waals surface area contributed by atoms with Crippen LogP contribution in [0.3, 0.4) is 0 Å². The van der Waals surface area contributed by atoms with Crippen LogP contribution in [0, 0.1) is 5.82 Å². The van der Waals surface area contributed by atoms with E-state index in [1.807, 2.05) is 0 Å². The molecule has 1 rings (SSSR count). The van der Waals surface area contributed by atoms with Gasteiger partial charge >= 0.3 is 5.97 Å². The summed E-state index contributed by atoms with van der Waals surface area (Å²) in [6, 6.07) is 1.78. The van der Waals surface area contributed by atoms with E-state index in [1.165, 1.54) is 0 Å². The van der Waals surface area contributed by atoms with Crippen LogP contribution in [0.15, 0.2) is 12.1 Å². The van der Waals surface area contributed by atoms with Crippen molar-refractivity contribution in [1.82, 2.24) is 0 Å². The lowest BCUT2D eigenvalue weighted by Gasteiger charge is -2.04. The van der Waals surface area contributed by atoms with Crippen LogP contribution in [0.4, 0.5) is 4.39 Å². The zero-order valence-electron chi connectivity index (χ0n) is 7.20. The van der Waals surface area contributed by atoms with Gasteiger partial charge in [-0.2, -0.15) is 0 Å². The molecule has 0 saturated carbocycles. The van der Waals surface area contributed by atoms with Gasteiger partial charge in [0.1, 0.15) is 5.75 Å². The van der Waals surface area contributed by atoms with Crippen LogP contribution < -0.4 is 0 Å². The van der Waals surface area contributed by atoms with Gasteiger partial charge in [0.15, 0.2) is 11.6 Å². The summed E-state index contributed by atoms with van der Waals surface area (Å²) in [5, 5.41) is 26.5. The van der Waals surface area contributed by atoms with Crippen molar-refractivity contribution in [1.29, 1.82) is 0 Å². The molecule has 1 aromatic carbocycles. The normalized spacial score (nSPS) is 10.1. The SMILES string of the molecule is O=C(O)CCc1cc(O)c(F)cc1O. The highest BCUT2D eigenvalue weighted by atomic mass is 19.1. The van der Waals surface area contributed by atoms with E-state index in [4.69, 9.17) is 10.2 Å². The Morgan fingerprint density at radius 1 is 1.29 bits per heavy atom. The zero-order chi connectivity index (χ0) is 10.7. The smallest absolute Gasteiger partial charge is 0.303 e. The third kappa shape index (κ3) is 2.35. The molecule has 0 saturated heterocycles. The minimum atomic E-state index is -1.02. The third-order valence-electron chi connectivity index (χ3n) is 1.76. The van der Waals surface area contributed by atoms with Gasteiger partial charge in [-0.25, -0.2) is 4.39 Å². The first-order valence-corrected chi connectivity index (χ1v) is 3.93. The largest absolute Gasteiger partial charge is 0.508 e. The number of carboxylic acid groups (broad SMARTS) is 1. The quantitative estimate of drug-likeness (QED) is 0.642. The lowest BCUT2D eigenvalue weighted by Crippen LogP contribution is -1.98. The Morgan fingerprint density at radius 2 is 1.93 bits per heavy atom. The predicted octanol–water partition coefficient (Wildman–Crippen LogP) is 1.25. The first-order chi connectivity index (χ1) is 6.50. The van der Waals surface area contributed by atoms with E-state index in [9.17, 15) is 14.3 Å². The number of aryl methyl sites for hydroxylation is 1. The van der Waals surface area contributed by atoms with Crippen LogP contribution in [0.2, 0.25) is 0 Å². The van der Waals surface area contributed by atoms with Crippen molar-refractivity contribution in [2.45, 2.75) is 12.8 Å². The van der Waals surface area contributed by atoms with Crippen LogP contribution in [-0.4, -0.2) is 21.3 Å². The van der Waals surface area contributed by atoms with Gasteiger partial charge in [-0.05, 0) is 18.1 Å². The standard InChI is InChI=1S/C9H9FO4/c10-6-4-7(11)5(3-8(6)12)1-2-9(13)14/h3-4,11-12H,1-2H2,(H,13,14). The molecule has 0 aliphatic carbocycles. The van der Waals surface area contributed by atoms with E-state index in [2.05, 4.69) is 0 Å². The first kappa shape index (κ1) is 10.3. The van der Waals surface area contributed by atoms with Crippen molar-refractivity contribution in [3.8, 4) is 11.5 Å². The highest BCUT2D eigenvalue weighted by Gasteiger charge is 2.09. The Hall–Kier alpha value is -1.78. The summed E-state index contributed by atoms with van der Waals surface area (Å²) in [5.74, 6) is -2.89. The van der Waals surface area contributed by atoms with Crippen molar-refractivity contribution in [2.24, 2.45) is 0 Å². The Kier molecular flexibility index (Phi) is 2.91. The van der Waals surface area contributed by atoms with Gasteiger partial charge in [0.2, 0.25) is 0 Å². The first-order valence-electron chi connectivity index (χ1n) is 3.93. The summed E-state index contributed by atoms with van der Waals surface area (Å²) < 4.78 is 12.6. The molecule has 0 bridgehead atoms. The third-order valence-corrected chi connectivity index (χ3v) is 1.76. The van der Waals surface area contributed by atoms with Crippen molar-refractivity contribution in [2.75, 3.05) is 0 Å². The topological polar surface area (TPSA) is 77.8 Å². The van der Waals surface area contributed by atoms with Gasteiger partial charge in [0.25, 0.3) is 0 Å². The average Bonchev–Trinajstić information content (AvgIpc) is 2.09. The second-order valence-corrected chi connectivity index (χ2v) is 2.83. The van der Waals surface area contributed by atoms with E-state index in [0.29, 0.717) is 0 Å². The number of hydrogen-bond acceptors (Lipinski definition) is 3. The Balaban J connectivity index is 2.87. The molecule has 0 fully saturated rings. The molecule has 4 nitrogen and oxygen atoms in total. The monoisotopic (exact) mass is 200 g/mol. The Labute approximate surface area is 79.2 Å². The molecule has 5 heteroatoms. The van der Waals surface area contributed by atoms with Crippen molar-refractivity contribution >= 4 is 5.97 Å². The number of carboxylic acids is 1. The second kappa shape index (κ2) is 3.95. The van der Waals surface area contributed by atoms with Gasteiger partial charge in [-0.3, -0.25) is 4.79 Å². The van der Waals surface area contributed by atoms with E-state index in [1.54, 1.807) is 0 Å². The van der Waals surface area contributed by atoms with E-state index < -0.39 is 17.5 Å². The molecule has 0 atom stereocenters.